The van der Waals surface area contributed by atoms with Crippen LogP contribution in [0.4, 0.5) is 11.4 Å². The van der Waals surface area contributed by atoms with Crippen LogP contribution in [0.5, 0.6) is 5.75 Å². The SMILES string of the molecule is COc1cc2c(cc1NC(=S)Nc1ccc(Cl)cc1)oc1ccccc12. The van der Waals surface area contributed by atoms with Gasteiger partial charge in [0.1, 0.15) is 16.9 Å². The first-order valence-electron chi connectivity index (χ1n) is 7.97. The third-order valence-electron chi connectivity index (χ3n) is 4.05. The van der Waals surface area contributed by atoms with Crippen molar-refractivity contribution in [2.24, 2.45) is 0 Å². The van der Waals surface area contributed by atoms with Crippen LogP contribution in [0.25, 0.3) is 21.9 Å². The molecular formula is C20H15ClN2O2S. The summed E-state index contributed by atoms with van der Waals surface area (Å²) in [5, 5.41) is 9.45. The Kier molecular flexibility index (Phi) is 4.41. The highest BCUT2D eigenvalue weighted by Gasteiger charge is 2.13. The summed E-state index contributed by atoms with van der Waals surface area (Å²) < 4.78 is 11.5. The molecule has 130 valence electrons. The maximum atomic E-state index is 5.93. The molecular weight excluding hydrogens is 368 g/mol. The van der Waals surface area contributed by atoms with E-state index < -0.39 is 0 Å². The molecule has 4 nitrogen and oxygen atoms in total. The number of halogens is 1. The van der Waals surface area contributed by atoms with Crippen LogP contribution >= 0.6 is 23.8 Å². The summed E-state index contributed by atoms with van der Waals surface area (Å²) in [7, 11) is 1.63. The van der Waals surface area contributed by atoms with E-state index in [-0.39, 0.29) is 0 Å². The number of furan rings is 1. The van der Waals surface area contributed by atoms with Crippen LogP contribution in [0.2, 0.25) is 5.02 Å². The predicted octanol–water partition coefficient (Wildman–Crippen LogP) is 6.06. The molecule has 6 heteroatoms. The van der Waals surface area contributed by atoms with Gasteiger partial charge in [-0.3, -0.25) is 0 Å². The number of fused-ring (bicyclic) bond motifs is 3. The zero-order valence-corrected chi connectivity index (χ0v) is 15.4. The van der Waals surface area contributed by atoms with Crippen molar-refractivity contribution in [3.05, 3.63) is 65.7 Å². The highest BCUT2D eigenvalue weighted by molar-refractivity contribution is 7.80. The van der Waals surface area contributed by atoms with Crippen LogP contribution in [0, 0.1) is 0 Å². The summed E-state index contributed by atoms with van der Waals surface area (Å²) in [5.74, 6) is 0.685. The van der Waals surface area contributed by atoms with Crippen LogP contribution < -0.4 is 15.4 Å². The number of anilines is 2. The first kappa shape index (κ1) is 16.7. The van der Waals surface area contributed by atoms with Gasteiger partial charge in [0.2, 0.25) is 0 Å². The van der Waals surface area contributed by atoms with Crippen molar-refractivity contribution >= 4 is 62.2 Å². The molecule has 26 heavy (non-hydrogen) atoms. The molecule has 0 bridgehead atoms. The number of hydrogen-bond acceptors (Lipinski definition) is 3. The van der Waals surface area contributed by atoms with Crippen LogP contribution in [-0.2, 0) is 0 Å². The number of methoxy groups -OCH3 is 1. The quantitative estimate of drug-likeness (QED) is 0.422. The maximum Gasteiger partial charge on any atom is 0.175 e. The lowest BCUT2D eigenvalue weighted by molar-refractivity contribution is 0.417. The van der Waals surface area contributed by atoms with Gasteiger partial charge in [0, 0.05) is 27.5 Å². The van der Waals surface area contributed by atoms with Gasteiger partial charge in [0.05, 0.1) is 12.8 Å². The molecule has 1 heterocycles. The highest BCUT2D eigenvalue weighted by Crippen LogP contribution is 2.36. The van der Waals surface area contributed by atoms with E-state index in [2.05, 4.69) is 10.6 Å². The van der Waals surface area contributed by atoms with E-state index in [0.29, 0.717) is 15.9 Å². The van der Waals surface area contributed by atoms with E-state index in [4.69, 9.17) is 33.0 Å². The largest absolute Gasteiger partial charge is 0.495 e. The van der Waals surface area contributed by atoms with Gasteiger partial charge >= 0.3 is 0 Å². The van der Waals surface area contributed by atoms with Crippen LogP contribution in [0.3, 0.4) is 0 Å². The number of rotatable bonds is 3. The lowest BCUT2D eigenvalue weighted by Gasteiger charge is -2.13. The zero-order valence-electron chi connectivity index (χ0n) is 13.9. The Hall–Kier alpha value is -2.76. The average Bonchev–Trinajstić information content (AvgIpc) is 3.00. The Morgan fingerprint density at radius 3 is 2.50 bits per heavy atom. The van der Waals surface area contributed by atoms with E-state index >= 15 is 0 Å². The van der Waals surface area contributed by atoms with Crippen molar-refractivity contribution in [2.45, 2.75) is 0 Å². The van der Waals surface area contributed by atoms with Gasteiger partial charge in [-0.15, -0.1) is 0 Å². The number of ether oxygens (including phenoxy) is 1. The van der Waals surface area contributed by atoms with E-state index in [1.165, 1.54) is 0 Å². The van der Waals surface area contributed by atoms with Crippen molar-refractivity contribution in [1.29, 1.82) is 0 Å². The summed E-state index contributed by atoms with van der Waals surface area (Å²) in [6, 6.07) is 19.1. The van der Waals surface area contributed by atoms with Gasteiger partial charge in [-0.05, 0) is 48.6 Å². The molecule has 2 N–H and O–H groups in total. The molecule has 1 aromatic heterocycles. The molecule has 0 radical (unpaired) electrons. The summed E-state index contributed by atoms with van der Waals surface area (Å²) in [4.78, 5) is 0. The Labute approximate surface area is 160 Å². The van der Waals surface area contributed by atoms with Crippen molar-refractivity contribution in [2.75, 3.05) is 17.7 Å². The minimum absolute atomic E-state index is 0.445. The van der Waals surface area contributed by atoms with Crippen LogP contribution in [0.1, 0.15) is 0 Å². The molecule has 0 unspecified atom stereocenters. The van der Waals surface area contributed by atoms with E-state index in [1.807, 2.05) is 48.5 Å². The topological polar surface area (TPSA) is 46.4 Å². The van der Waals surface area contributed by atoms with Gasteiger partial charge in [-0.25, -0.2) is 0 Å². The molecule has 0 aliphatic heterocycles. The number of para-hydroxylation sites is 1. The third-order valence-corrected chi connectivity index (χ3v) is 4.51. The van der Waals surface area contributed by atoms with Gasteiger partial charge in [0.25, 0.3) is 0 Å². The smallest absolute Gasteiger partial charge is 0.175 e. The normalized spacial score (nSPS) is 10.8. The van der Waals surface area contributed by atoms with Crippen molar-refractivity contribution in [1.82, 2.24) is 0 Å². The standard InChI is InChI=1S/C20H15ClN2O2S/c1-24-19-10-15-14-4-2-3-5-17(14)25-18(15)11-16(19)23-20(26)22-13-8-6-12(21)7-9-13/h2-11H,1H3,(H2,22,23,26). The fraction of sp³-hybridized carbons (Fsp3) is 0.0500. The van der Waals surface area contributed by atoms with Crippen molar-refractivity contribution in [3.8, 4) is 5.75 Å². The van der Waals surface area contributed by atoms with Gasteiger partial charge in [-0.2, -0.15) is 0 Å². The molecule has 0 aliphatic carbocycles. The van der Waals surface area contributed by atoms with Crippen molar-refractivity contribution in [3.63, 3.8) is 0 Å². The van der Waals surface area contributed by atoms with Crippen LogP contribution in [0.15, 0.2) is 65.1 Å². The molecule has 0 amide bonds. The number of nitrogens with one attached hydrogen (secondary N) is 2. The Morgan fingerprint density at radius 2 is 1.73 bits per heavy atom. The molecule has 3 aromatic carbocycles. The molecule has 4 rings (SSSR count). The fourth-order valence-electron chi connectivity index (χ4n) is 2.84. The number of benzene rings is 3. The maximum absolute atomic E-state index is 5.93. The number of hydrogen-bond donors (Lipinski definition) is 2. The second-order valence-electron chi connectivity index (χ2n) is 5.73. The van der Waals surface area contributed by atoms with E-state index in [1.54, 1.807) is 19.2 Å². The summed E-state index contributed by atoms with van der Waals surface area (Å²) in [6.07, 6.45) is 0. The van der Waals surface area contributed by atoms with Gasteiger partial charge in [0.15, 0.2) is 5.11 Å². The minimum Gasteiger partial charge on any atom is -0.495 e. The third kappa shape index (κ3) is 3.19. The average molecular weight is 383 g/mol. The van der Waals surface area contributed by atoms with E-state index in [9.17, 15) is 0 Å². The molecule has 0 fully saturated rings. The molecule has 0 aliphatic rings. The first-order chi connectivity index (χ1) is 12.6. The van der Waals surface area contributed by atoms with E-state index in [0.717, 1.165) is 33.3 Å². The molecule has 0 saturated carbocycles. The monoisotopic (exact) mass is 382 g/mol. The zero-order chi connectivity index (χ0) is 18.1. The summed E-state index contributed by atoms with van der Waals surface area (Å²) in [5.41, 5.74) is 3.17. The van der Waals surface area contributed by atoms with Gasteiger partial charge < -0.3 is 19.8 Å². The Morgan fingerprint density at radius 1 is 0.962 bits per heavy atom. The lowest BCUT2D eigenvalue weighted by atomic mass is 10.1. The molecule has 0 spiro atoms. The second kappa shape index (κ2) is 6.86. The molecule has 0 atom stereocenters. The summed E-state index contributed by atoms with van der Waals surface area (Å²) in [6.45, 7) is 0. The summed E-state index contributed by atoms with van der Waals surface area (Å²) >= 11 is 11.3. The van der Waals surface area contributed by atoms with Crippen LogP contribution in [-0.4, -0.2) is 12.2 Å². The Balaban J connectivity index is 1.65. The second-order valence-corrected chi connectivity index (χ2v) is 6.58. The molecule has 0 saturated heterocycles. The molecule has 4 aromatic rings. The fourth-order valence-corrected chi connectivity index (χ4v) is 3.19. The predicted molar refractivity (Wildman–Crippen MR) is 112 cm³/mol. The Bertz CT molecular complexity index is 1110. The minimum atomic E-state index is 0.445. The lowest BCUT2D eigenvalue weighted by Crippen LogP contribution is -2.19. The first-order valence-corrected chi connectivity index (χ1v) is 8.75. The van der Waals surface area contributed by atoms with Crippen molar-refractivity contribution < 1.29 is 9.15 Å². The highest BCUT2D eigenvalue weighted by atomic mass is 35.5. The van der Waals surface area contributed by atoms with Gasteiger partial charge in [-0.1, -0.05) is 29.8 Å². The number of thiocarbonyl (C=S) groups is 1.